The van der Waals surface area contributed by atoms with Crippen LogP contribution >= 0.6 is 11.6 Å². The Morgan fingerprint density at radius 1 is 1.32 bits per heavy atom. The second kappa shape index (κ2) is 6.65. The molecule has 0 N–H and O–H groups in total. The largest absolute Gasteiger partial charge is 0.544 e. The van der Waals surface area contributed by atoms with Crippen LogP contribution in [0.4, 0.5) is 13.2 Å². The van der Waals surface area contributed by atoms with Crippen LogP contribution in [0.2, 0.25) is 5.02 Å². The molecular formula is C17H11ClF3N2O2-. The lowest BCUT2D eigenvalue weighted by atomic mass is 10.1. The quantitative estimate of drug-likeness (QED) is 0.616. The van der Waals surface area contributed by atoms with Crippen LogP contribution in [0.15, 0.2) is 29.8 Å². The van der Waals surface area contributed by atoms with Gasteiger partial charge in [-0.15, -0.1) is 0 Å². The second-order valence-corrected chi connectivity index (χ2v) is 5.69. The molecule has 0 saturated carbocycles. The summed E-state index contributed by atoms with van der Waals surface area (Å²) in [5.41, 5.74) is 0.105. The molecule has 0 aliphatic rings. The monoisotopic (exact) mass is 367 g/mol. The van der Waals surface area contributed by atoms with E-state index in [9.17, 15) is 23.1 Å². The molecule has 0 aliphatic heterocycles. The van der Waals surface area contributed by atoms with Crippen molar-refractivity contribution in [2.24, 2.45) is 0 Å². The molecule has 0 unspecified atom stereocenters. The molecule has 0 saturated heterocycles. The van der Waals surface area contributed by atoms with Crippen LogP contribution in [0.3, 0.4) is 0 Å². The number of halogens is 4. The van der Waals surface area contributed by atoms with Crippen LogP contribution < -0.4 is 5.11 Å². The molecule has 4 nitrogen and oxygen atoms in total. The first-order valence-corrected chi connectivity index (χ1v) is 7.33. The smallest absolute Gasteiger partial charge is 0.417 e. The van der Waals surface area contributed by atoms with Gasteiger partial charge in [0.05, 0.1) is 22.1 Å². The highest BCUT2D eigenvalue weighted by Gasteiger charge is 2.33. The topological polar surface area (TPSA) is 68.8 Å². The summed E-state index contributed by atoms with van der Waals surface area (Å²) in [5.74, 6) is -1.63. The van der Waals surface area contributed by atoms with Crippen molar-refractivity contribution in [1.82, 2.24) is 4.57 Å². The Labute approximate surface area is 146 Å². The Kier molecular flexibility index (Phi) is 4.95. The van der Waals surface area contributed by atoms with E-state index in [1.54, 1.807) is 19.9 Å². The molecule has 0 amide bonds. The van der Waals surface area contributed by atoms with Crippen LogP contribution in [-0.4, -0.2) is 10.5 Å². The lowest BCUT2D eigenvalue weighted by Crippen LogP contribution is -2.23. The van der Waals surface area contributed by atoms with Gasteiger partial charge in [0.25, 0.3) is 0 Å². The van der Waals surface area contributed by atoms with E-state index in [0.717, 1.165) is 18.2 Å². The van der Waals surface area contributed by atoms with Crippen LogP contribution in [0.5, 0.6) is 0 Å². The first-order valence-electron chi connectivity index (χ1n) is 6.95. The highest BCUT2D eigenvalue weighted by molar-refractivity contribution is 6.31. The summed E-state index contributed by atoms with van der Waals surface area (Å²) in [6.07, 6.45) is -3.48. The van der Waals surface area contributed by atoms with Gasteiger partial charge in [0, 0.05) is 17.1 Å². The Morgan fingerprint density at radius 3 is 2.48 bits per heavy atom. The van der Waals surface area contributed by atoms with E-state index in [1.807, 2.05) is 0 Å². The molecule has 0 fully saturated rings. The molecule has 1 heterocycles. The summed E-state index contributed by atoms with van der Waals surface area (Å²) < 4.78 is 40.7. The number of alkyl halides is 3. The minimum atomic E-state index is -4.60. The molecule has 25 heavy (non-hydrogen) atoms. The van der Waals surface area contributed by atoms with E-state index in [0.29, 0.717) is 17.0 Å². The standard InChI is InChI=1S/C17H12ClF3N2O2/c1-9-5-11(6-12(8-22)16(24)25)10(2)23(9)13-3-4-15(18)14(7-13)17(19,20)21/h3-7H,1-2H3,(H,24,25)/p-1/b12-6+. The summed E-state index contributed by atoms with van der Waals surface area (Å²) in [7, 11) is 0. The third kappa shape index (κ3) is 3.69. The van der Waals surface area contributed by atoms with Gasteiger partial charge in [0.2, 0.25) is 0 Å². The molecule has 0 bridgehead atoms. The number of nitriles is 1. The van der Waals surface area contributed by atoms with Gasteiger partial charge < -0.3 is 14.5 Å². The number of rotatable bonds is 3. The molecule has 0 spiro atoms. The SMILES string of the molecule is Cc1cc(/C=C(\C#N)C(=O)[O-])c(C)n1-c1ccc(Cl)c(C(F)(F)F)c1. The minimum Gasteiger partial charge on any atom is -0.544 e. The maximum atomic E-state index is 13.0. The fraction of sp³-hybridized carbons (Fsp3) is 0.176. The van der Waals surface area contributed by atoms with Gasteiger partial charge in [0.1, 0.15) is 6.07 Å². The maximum absolute atomic E-state index is 13.0. The van der Waals surface area contributed by atoms with Crippen molar-refractivity contribution in [2.75, 3.05) is 0 Å². The van der Waals surface area contributed by atoms with Crippen LogP contribution in [0.1, 0.15) is 22.5 Å². The summed E-state index contributed by atoms with van der Waals surface area (Å²) in [4.78, 5) is 10.9. The molecule has 0 atom stereocenters. The van der Waals surface area contributed by atoms with Crippen molar-refractivity contribution in [3.05, 3.63) is 57.4 Å². The van der Waals surface area contributed by atoms with Gasteiger partial charge >= 0.3 is 6.18 Å². The lowest BCUT2D eigenvalue weighted by Gasteiger charge is -2.14. The number of aryl methyl sites for hydroxylation is 1. The van der Waals surface area contributed by atoms with Gasteiger partial charge in [0.15, 0.2) is 0 Å². The molecule has 8 heteroatoms. The molecule has 130 valence electrons. The molecular weight excluding hydrogens is 357 g/mol. The third-order valence-corrected chi connectivity index (χ3v) is 3.95. The fourth-order valence-electron chi connectivity index (χ4n) is 2.49. The van der Waals surface area contributed by atoms with Crippen molar-refractivity contribution in [1.29, 1.82) is 5.26 Å². The molecule has 0 radical (unpaired) electrons. The summed E-state index contributed by atoms with van der Waals surface area (Å²) in [6.45, 7) is 3.25. The number of aromatic nitrogens is 1. The molecule has 1 aromatic carbocycles. The van der Waals surface area contributed by atoms with Gasteiger partial charge in [-0.3, -0.25) is 0 Å². The van der Waals surface area contributed by atoms with E-state index < -0.39 is 28.3 Å². The normalized spacial score (nSPS) is 12.1. The molecule has 2 aromatic rings. The van der Waals surface area contributed by atoms with E-state index in [1.165, 1.54) is 16.7 Å². The Balaban J connectivity index is 2.64. The number of aliphatic carboxylic acids is 1. The molecule has 1 aromatic heterocycles. The zero-order chi connectivity index (χ0) is 18.9. The number of carbonyl (C=O) groups is 1. The number of nitrogens with zero attached hydrogens (tertiary/aromatic N) is 2. The van der Waals surface area contributed by atoms with Crippen molar-refractivity contribution in [3.63, 3.8) is 0 Å². The van der Waals surface area contributed by atoms with E-state index in [-0.39, 0.29) is 5.69 Å². The van der Waals surface area contributed by atoms with Gasteiger partial charge in [-0.25, -0.2) is 0 Å². The summed E-state index contributed by atoms with van der Waals surface area (Å²) >= 11 is 5.63. The highest BCUT2D eigenvalue weighted by Crippen LogP contribution is 2.36. The van der Waals surface area contributed by atoms with Gasteiger partial charge in [-0.1, -0.05) is 11.6 Å². The lowest BCUT2D eigenvalue weighted by molar-refractivity contribution is -0.298. The van der Waals surface area contributed by atoms with Gasteiger partial charge in [-0.2, -0.15) is 18.4 Å². The molecule has 0 aliphatic carbocycles. The zero-order valence-electron chi connectivity index (χ0n) is 13.1. The maximum Gasteiger partial charge on any atom is 0.417 e. The van der Waals surface area contributed by atoms with Crippen molar-refractivity contribution in [3.8, 4) is 11.8 Å². The molecule has 2 rings (SSSR count). The zero-order valence-corrected chi connectivity index (χ0v) is 13.9. The number of carbonyl (C=O) groups excluding carboxylic acids is 1. The minimum absolute atomic E-state index is 0.221. The predicted octanol–water partition coefficient (Wildman–Crippen LogP) is 3.42. The van der Waals surface area contributed by atoms with Crippen molar-refractivity contribution < 1.29 is 23.1 Å². The Morgan fingerprint density at radius 2 is 1.96 bits per heavy atom. The van der Waals surface area contributed by atoms with Crippen molar-refractivity contribution >= 4 is 23.6 Å². The average Bonchev–Trinajstić information content (AvgIpc) is 2.78. The van der Waals surface area contributed by atoms with E-state index >= 15 is 0 Å². The number of hydrogen-bond acceptors (Lipinski definition) is 3. The Hall–Kier alpha value is -2.72. The van der Waals surface area contributed by atoms with Crippen LogP contribution in [0.25, 0.3) is 11.8 Å². The number of carboxylic acid groups (broad SMARTS) is 1. The Bertz CT molecular complexity index is 921. The van der Waals surface area contributed by atoms with Crippen molar-refractivity contribution in [2.45, 2.75) is 20.0 Å². The first-order chi connectivity index (χ1) is 11.6. The number of benzene rings is 1. The number of carboxylic acids is 1. The number of hydrogen-bond donors (Lipinski definition) is 0. The van der Waals surface area contributed by atoms with Crippen LogP contribution in [0, 0.1) is 25.2 Å². The average molecular weight is 368 g/mol. The van der Waals surface area contributed by atoms with Crippen LogP contribution in [-0.2, 0) is 11.0 Å². The first kappa shape index (κ1) is 18.6. The summed E-state index contributed by atoms with van der Waals surface area (Å²) in [6, 6.07) is 6.56. The third-order valence-electron chi connectivity index (χ3n) is 3.62. The van der Waals surface area contributed by atoms with Gasteiger partial charge in [-0.05, 0) is 49.8 Å². The van der Waals surface area contributed by atoms with E-state index in [4.69, 9.17) is 16.9 Å². The van der Waals surface area contributed by atoms with E-state index in [2.05, 4.69) is 0 Å². The highest BCUT2D eigenvalue weighted by atomic mass is 35.5. The second-order valence-electron chi connectivity index (χ2n) is 5.28. The fourth-order valence-corrected chi connectivity index (χ4v) is 2.72. The summed E-state index contributed by atoms with van der Waals surface area (Å²) in [5, 5.41) is 19.3. The predicted molar refractivity (Wildman–Crippen MR) is 83.9 cm³/mol.